The van der Waals surface area contributed by atoms with Gasteiger partial charge < -0.3 is 10.4 Å². The number of rotatable bonds is 3. The molecule has 0 bridgehead atoms. The van der Waals surface area contributed by atoms with Crippen LogP contribution in [0.5, 0.6) is 0 Å². The second kappa shape index (κ2) is 8.78. The molecule has 0 radical (unpaired) electrons. The number of carbonyl (C=O) groups excluding carboxylic acids is 1. The number of alkyl halides is 3. The monoisotopic (exact) mass is 431 g/mol. The van der Waals surface area contributed by atoms with E-state index in [2.05, 4.69) is 20.7 Å². The predicted octanol–water partition coefficient (Wildman–Crippen LogP) is 3.21. The van der Waals surface area contributed by atoms with Crippen molar-refractivity contribution in [3.8, 4) is 0 Å². The van der Waals surface area contributed by atoms with Crippen LogP contribution >= 0.6 is 0 Å². The fourth-order valence-electron chi connectivity index (χ4n) is 2.94. The number of aromatic nitrogens is 2. The summed E-state index contributed by atoms with van der Waals surface area (Å²) in [6, 6.07) is 2.92. The van der Waals surface area contributed by atoms with E-state index in [1.165, 1.54) is 0 Å². The predicted molar refractivity (Wildman–Crippen MR) is 96.7 cm³/mol. The molecule has 0 saturated heterocycles. The molecule has 1 fully saturated rings. The Hall–Kier alpha value is -3.02. The number of hydrogen-bond acceptors (Lipinski definition) is 4. The Balaban J connectivity index is 1.80. The number of H-pyrrole nitrogens is 1. The largest absolute Gasteiger partial charge is 0.432 e. The van der Waals surface area contributed by atoms with Gasteiger partial charge in [-0.3, -0.25) is 15.2 Å². The van der Waals surface area contributed by atoms with Crippen LogP contribution in [0.4, 0.5) is 27.8 Å². The van der Waals surface area contributed by atoms with Gasteiger partial charge in [0.05, 0.1) is 12.1 Å². The summed E-state index contributed by atoms with van der Waals surface area (Å²) in [6.07, 6.45) is -3.12. The van der Waals surface area contributed by atoms with Crippen LogP contribution in [-0.4, -0.2) is 39.3 Å². The third-order valence-corrected chi connectivity index (χ3v) is 4.52. The first-order valence-corrected chi connectivity index (χ1v) is 9.03. The number of hydrogen-bond donors (Lipinski definition) is 4. The Kier molecular flexibility index (Phi) is 6.34. The molecular formula is C18H18F5N5O2. The molecule has 0 unspecified atom stereocenters. The molecule has 162 valence electrons. The van der Waals surface area contributed by atoms with Crippen molar-refractivity contribution in [1.82, 2.24) is 15.5 Å². The van der Waals surface area contributed by atoms with E-state index in [1.807, 2.05) is 5.10 Å². The van der Waals surface area contributed by atoms with Crippen molar-refractivity contribution in [2.75, 3.05) is 5.32 Å². The van der Waals surface area contributed by atoms with E-state index >= 15 is 0 Å². The van der Waals surface area contributed by atoms with Gasteiger partial charge in [-0.25, -0.2) is 13.8 Å². The van der Waals surface area contributed by atoms with Crippen LogP contribution in [-0.2, 0) is 6.18 Å². The van der Waals surface area contributed by atoms with E-state index in [0.29, 0.717) is 37.8 Å². The maximum atomic E-state index is 13.4. The van der Waals surface area contributed by atoms with Gasteiger partial charge >= 0.3 is 6.18 Å². The summed E-state index contributed by atoms with van der Waals surface area (Å²) in [5, 5.41) is 19.8. The van der Waals surface area contributed by atoms with Crippen LogP contribution in [0.25, 0.3) is 0 Å². The molecule has 3 rings (SSSR count). The lowest BCUT2D eigenvalue weighted by Gasteiger charge is -2.23. The Morgan fingerprint density at radius 2 is 1.83 bits per heavy atom. The van der Waals surface area contributed by atoms with Crippen LogP contribution in [0.2, 0.25) is 0 Å². The van der Waals surface area contributed by atoms with Crippen molar-refractivity contribution in [2.24, 2.45) is 4.99 Å². The average molecular weight is 431 g/mol. The summed E-state index contributed by atoms with van der Waals surface area (Å²) in [6.45, 7) is 0. The second-order valence-electron chi connectivity index (χ2n) is 6.81. The Bertz CT molecular complexity index is 935. The zero-order valence-corrected chi connectivity index (χ0v) is 15.4. The molecule has 1 amide bonds. The molecule has 12 heteroatoms. The lowest BCUT2D eigenvalue weighted by atomic mass is 9.94. The Morgan fingerprint density at radius 1 is 1.13 bits per heavy atom. The van der Waals surface area contributed by atoms with Crippen molar-refractivity contribution in [1.29, 1.82) is 0 Å². The minimum Gasteiger partial charge on any atom is -0.393 e. The molecule has 7 nitrogen and oxygen atoms in total. The number of halogens is 5. The minimum atomic E-state index is -4.64. The second-order valence-corrected chi connectivity index (χ2v) is 6.81. The van der Waals surface area contributed by atoms with Crippen molar-refractivity contribution >= 4 is 17.7 Å². The lowest BCUT2D eigenvalue weighted by molar-refractivity contribution is -0.141. The van der Waals surface area contributed by atoms with Gasteiger partial charge in [-0.2, -0.15) is 18.3 Å². The maximum Gasteiger partial charge on any atom is 0.432 e. The number of aliphatic imine (C=N–C) groups is 1. The van der Waals surface area contributed by atoms with E-state index in [-0.39, 0.29) is 23.4 Å². The number of aromatic amines is 1. The van der Waals surface area contributed by atoms with Gasteiger partial charge in [-0.1, -0.05) is 0 Å². The number of aliphatic hydroxyl groups is 1. The number of nitrogens with zero attached hydrogens (tertiary/aromatic N) is 2. The highest BCUT2D eigenvalue weighted by atomic mass is 19.4. The number of carbonyl (C=O) groups is 1. The zero-order valence-electron chi connectivity index (χ0n) is 15.4. The molecule has 1 aliphatic carbocycles. The van der Waals surface area contributed by atoms with Gasteiger partial charge in [0.25, 0.3) is 5.91 Å². The van der Waals surface area contributed by atoms with Crippen molar-refractivity contribution in [3.63, 3.8) is 0 Å². The van der Waals surface area contributed by atoms with Crippen molar-refractivity contribution < 1.29 is 31.9 Å². The zero-order chi connectivity index (χ0) is 21.9. The lowest BCUT2D eigenvalue weighted by Crippen LogP contribution is -2.37. The number of guanidine groups is 1. The SMILES string of the molecule is O=C(NC(=NC1CCC(O)CC1)Nc1cc(C(F)(F)F)[nH]n1)c1ccc(F)c(F)c1. The number of aliphatic hydroxyl groups excluding tert-OH is 1. The van der Waals surface area contributed by atoms with Crippen molar-refractivity contribution in [3.05, 3.63) is 47.2 Å². The van der Waals surface area contributed by atoms with E-state index in [0.717, 1.165) is 12.1 Å². The standard InChI is InChI=1S/C18H18F5N5O2/c19-12-6-1-9(7-13(12)20)16(30)26-17(24-10-2-4-11(29)5-3-10)25-15-8-14(27-28-15)18(21,22)23/h1,6-8,10-11,29H,2-5H2,(H3,24,25,26,27,28,30). The van der Waals surface area contributed by atoms with Gasteiger partial charge in [0.2, 0.25) is 5.96 Å². The molecule has 30 heavy (non-hydrogen) atoms. The van der Waals surface area contributed by atoms with Crippen LogP contribution < -0.4 is 10.6 Å². The normalized spacial score (nSPS) is 20.1. The first-order valence-electron chi connectivity index (χ1n) is 9.03. The maximum absolute atomic E-state index is 13.4. The van der Waals surface area contributed by atoms with Gasteiger partial charge in [0, 0.05) is 11.6 Å². The van der Waals surface area contributed by atoms with Gasteiger partial charge in [-0.05, 0) is 43.9 Å². The molecule has 2 aromatic rings. The van der Waals surface area contributed by atoms with Crippen LogP contribution in [0.15, 0.2) is 29.3 Å². The molecule has 4 N–H and O–H groups in total. The fourth-order valence-corrected chi connectivity index (χ4v) is 2.94. The van der Waals surface area contributed by atoms with E-state index < -0.39 is 35.5 Å². The smallest absolute Gasteiger partial charge is 0.393 e. The summed E-state index contributed by atoms with van der Waals surface area (Å²) in [5.74, 6) is -3.65. The highest BCUT2D eigenvalue weighted by Crippen LogP contribution is 2.28. The molecule has 1 heterocycles. The van der Waals surface area contributed by atoms with Gasteiger partial charge in [0.1, 0.15) is 5.69 Å². The molecule has 1 saturated carbocycles. The van der Waals surface area contributed by atoms with Crippen LogP contribution in [0, 0.1) is 11.6 Å². The van der Waals surface area contributed by atoms with Crippen molar-refractivity contribution in [2.45, 2.75) is 44.0 Å². The van der Waals surface area contributed by atoms with Crippen LogP contribution in [0.1, 0.15) is 41.7 Å². The summed E-state index contributed by atoms with van der Waals surface area (Å²) in [4.78, 5) is 16.7. The molecule has 0 aliphatic heterocycles. The fraction of sp³-hybridized carbons (Fsp3) is 0.389. The summed E-state index contributed by atoms with van der Waals surface area (Å²) >= 11 is 0. The van der Waals surface area contributed by atoms with E-state index in [9.17, 15) is 31.9 Å². The molecule has 1 aromatic heterocycles. The molecule has 1 aliphatic rings. The summed E-state index contributed by atoms with van der Waals surface area (Å²) in [5.41, 5.74) is -1.31. The molecule has 1 aromatic carbocycles. The molecular weight excluding hydrogens is 413 g/mol. The van der Waals surface area contributed by atoms with E-state index in [4.69, 9.17) is 0 Å². The third kappa shape index (κ3) is 5.53. The minimum absolute atomic E-state index is 0.202. The summed E-state index contributed by atoms with van der Waals surface area (Å²) < 4.78 is 64.8. The number of anilines is 1. The highest BCUT2D eigenvalue weighted by Gasteiger charge is 2.33. The average Bonchev–Trinajstić information content (AvgIpc) is 3.14. The first kappa shape index (κ1) is 21.7. The number of nitrogens with one attached hydrogen (secondary N) is 3. The number of benzene rings is 1. The Labute approximate surface area is 167 Å². The van der Waals surface area contributed by atoms with Crippen LogP contribution in [0.3, 0.4) is 0 Å². The first-order chi connectivity index (χ1) is 14.1. The molecule has 0 atom stereocenters. The molecule has 0 spiro atoms. The third-order valence-electron chi connectivity index (χ3n) is 4.52. The topological polar surface area (TPSA) is 102 Å². The highest BCUT2D eigenvalue weighted by molar-refractivity contribution is 6.09. The quantitative estimate of drug-likeness (QED) is 0.341. The van der Waals surface area contributed by atoms with Gasteiger partial charge in [0.15, 0.2) is 17.5 Å². The van der Waals surface area contributed by atoms with Gasteiger partial charge in [-0.15, -0.1) is 0 Å². The van der Waals surface area contributed by atoms with E-state index in [1.54, 1.807) is 0 Å². The number of amides is 1. The summed E-state index contributed by atoms with van der Waals surface area (Å²) in [7, 11) is 0. The Morgan fingerprint density at radius 3 is 2.43 bits per heavy atom.